The second-order valence-corrected chi connectivity index (χ2v) is 6.02. The Labute approximate surface area is 148 Å². The fourth-order valence-corrected chi connectivity index (χ4v) is 2.58. The maximum absolute atomic E-state index is 13.9. The molecule has 136 valence electrons. The summed E-state index contributed by atoms with van der Waals surface area (Å²) >= 11 is 0. The highest BCUT2D eigenvalue weighted by molar-refractivity contribution is 5.85. The molecule has 1 amide bonds. The topological polar surface area (TPSA) is 51.2 Å². The number of nitrogens with one attached hydrogen (secondary N) is 1. The Morgan fingerprint density at radius 3 is 2.60 bits per heavy atom. The van der Waals surface area contributed by atoms with E-state index in [1.54, 1.807) is 32.3 Å². The van der Waals surface area contributed by atoms with Crippen LogP contribution in [0.15, 0.2) is 41.9 Å². The van der Waals surface area contributed by atoms with E-state index in [-0.39, 0.29) is 18.3 Å². The second-order valence-electron chi connectivity index (χ2n) is 6.02. The van der Waals surface area contributed by atoms with Crippen molar-refractivity contribution in [2.45, 2.75) is 0 Å². The lowest BCUT2D eigenvalue weighted by atomic mass is 10.2. The van der Waals surface area contributed by atoms with E-state index in [2.05, 4.69) is 21.8 Å². The Bertz CT molecular complexity index is 624. The summed E-state index contributed by atoms with van der Waals surface area (Å²) in [6.07, 6.45) is 1.75. The minimum absolute atomic E-state index is 0.0529. The highest BCUT2D eigenvalue weighted by atomic mass is 19.1. The van der Waals surface area contributed by atoms with Crippen LogP contribution in [0.1, 0.15) is 0 Å². The van der Waals surface area contributed by atoms with Crippen molar-refractivity contribution in [3.05, 3.63) is 42.7 Å². The predicted molar refractivity (Wildman–Crippen MR) is 99.4 cm³/mol. The summed E-state index contributed by atoms with van der Waals surface area (Å²) in [6.45, 7) is 7.16. The van der Waals surface area contributed by atoms with E-state index < -0.39 is 0 Å². The minimum Gasteiger partial charge on any atom is -0.366 e. The van der Waals surface area contributed by atoms with Gasteiger partial charge in [-0.3, -0.25) is 4.79 Å². The molecule has 0 aliphatic carbocycles. The number of piperazine rings is 1. The van der Waals surface area contributed by atoms with Gasteiger partial charge >= 0.3 is 0 Å². The van der Waals surface area contributed by atoms with Crippen molar-refractivity contribution in [2.24, 2.45) is 4.99 Å². The van der Waals surface area contributed by atoms with E-state index in [4.69, 9.17) is 0 Å². The van der Waals surface area contributed by atoms with Crippen molar-refractivity contribution in [3.8, 4) is 0 Å². The number of carbonyl (C=O) groups is 1. The van der Waals surface area contributed by atoms with E-state index in [1.165, 1.54) is 11.0 Å². The van der Waals surface area contributed by atoms with Gasteiger partial charge in [0.25, 0.3) is 0 Å². The molecule has 0 saturated carbocycles. The SMILES string of the molecule is C=CCNC(=NCC(=O)N(C)C)N1CCN(c2ccccc2F)CC1. The Morgan fingerprint density at radius 1 is 1.32 bits per heavy atom. The van der Waals surface area contributed by atoms with E-state index in [0.29, 0.717) is 44.4 Å². The third-order valence-electron chi connectivity index (χ3n) is 4.04. The fourth-order valence-electron chi connectivity index (χ4n) is 2.58. The quantitative estimate of drug-likeness (QED) is 0.494. The monoisotopic (exact) mass is 347 g/mol. The Kier molecular flexibility index (Phi) is 6.80. The molecule has 0 atom stereocenters. The van der Waals surface area contributed by atoms with Crippen molar-refractivity contribution in [1.29, 1.82) is 0 Å². The smallest absolute Gasteiger partial charge is 0.243 e. The normalized spacial score (nSPS) is 15.1. The van der Waals surface area contributed by atoms with Gasteiger partial charge < -0.3 is 20.0 Å². The first-order chi connectivity index (χ1) is 12.0. The number of aliphatic imine (C=N–C) groups is 1. The van der Waals surface area contributed by atoms with Crippen molar-refractivity contribution < 1.29 is 9.18 Å². The highest BCUT2D eigenvalue weighted by Gasteiger charge is 2.21. The number of likely N-dealkylation sites (N-methyl/N-ethyl adjacent to an activating group) is 1. The molecule has 1 aliphatic rings. The average Bonchev–Trinajstić information content (AvgIpc) is 2.62. The van der Waals surface area contributed by atoms with Crippen LogP contribution in [0.4, 0.5) is 10.1 Å². The van der Waals surface area contributed by atoms with Crippen LogP contribution in [-0.2, 0) is 4.79 Å². The molecule has 7 heteroatoms. The largest absolute Gasteiger partial charge is 0.366 e. The van der Waals surface area contributed by atoms with Crippen molar-refractivity contribution in [1.82, 2.24) is 15.1 Å². The van der Waals surface area contributed by atoms with Crippen LogP contribution in [0.25, 0.3) is 0 Å². The summed E-state index contributed by atoms with van der Waals surface area (Å²) in [4.78, 5) is 21.8. The average molecular weight is 347 g/mol. The first kappa shape index (κ1) is 18.8. The standard InChI is InChI=1S/C18H26FN5O/c1-4-9-20-18(21-14-17(25)22(2)3)24-12-10-23(11-13-24)16-8-6-5-7-15(16)19/h4-8H,1,9-14H2,2-3H3,(H,20,21). The van der Waals surface area contributed by atoms with E-state index in [0.717, 1.165) is 0 Å². The van der Waals surface area contributed by atoms with Gasteiger partial charge in [0.05, 0.1) is 5.69 Å². The molecule has 1 aromatic rings. The van der Waals surface area contributed by atoms with Gasteiger partial charge in [-0.15, -0.1) is 6.58 Å². The van der Waals surface area contributed by atoms with E-state index in [9.17, 15) is 9.18 Å². The maximum Gasteiger partial charge on any atom is 0.243 e. The molecule has 0 spiro atoms. The van der Waals surface area contributed by atoms with Crippen LogP contribution in [0.3, 0.4) is 0 Å². The number of hydrogen-bond acceptors (Lipinski definition) is 3. The van der Waals surface area contributed by atoms with Gasteiger partial charge in [-0.1, -0.05) is 18.2 Å². The van der Waals surface area contributed by atoms with Gasteiger partial charge in [-0.25, -0.2) is 9.38 Å². The number of anilines is 1. The number of guanidine groups is 1. The molecule has 1 N–H and O–H groups in total. The zero-order chi connectivity index (χ0) is 18.2. The van der Waals surface area contributed by atoms with Crippen LogP contribution in [0.5, 0.6) is 0 Å². The lowest BCUT2D eigenvalue weighted by Gasteiger charge is -2.37. The molecule has 1 saturated heterocycles. The fraction of sp³-hybridized carbons (Fsp3) is 0.444. The van der Waals surface area contributed by atoms with Crippen molar-refractivity contribution in [3.63, 3.8) is 0 Å². The molecular weight excluding hydrogens is 321 g/mol. The number of para-hydroxylation sites is 1. The molecule has 1 aromatic carbocycles. The van der Waals surface area contributed by atoms with E-state index in [1.807, 2.05) is 11.0 Å². The van der Waals surface area contributed by atoms with Crippen LogP contribution in [0.2, 0.25) is 0 Å². The van der Waals surface area contributed by atoms with Gasteiger partial charge in [-0.2, -0.15) is 0 Å². The molecule has 1 fully saturated rings. The number of benzene rings is 1. The molecule has 0 bridgehead atoms. The van der Waals surface area contributed by atoms with Crippen LogP contribution < -0.4 is 10.2 Å². The van der Waals surface area contributed by atoms with Gasteiger partial charge in [0, 0.05) is 46.8 Å². The third kappa shape index (κ3) is 5.20. The van der Waals surface area contributed by atoms with Gasteiger partial charge in [-0.05, 0) is 12.1 Å². The maximum atomic E-state index is 13.9. The summed E-state index contributed by atoms with van der Waals surface area (Å²) in [7, 11) is 3.42. The van der Waals surface area contributed by atoms with Gasteiger partial charge in [0.1, 0.15) is 12.4 Å². The molecule has 0 radical (unpaired) electrons. The summed E-state index contributed by atoms with van der Waals surface area (Å²) in [5, 5.41) is 3.19. The predicted octanol–water partition coefficient (Wildman–Crippen LogP) is 1.17. The number of rotatable bonds is 5. The molecule has 0 unspecified atom stereocenters. The number of amides is 1. The molecule has 0 aromatic heterocycles. The summed E-state index contributed by atoms with van der Waals surface area (Å²) in [6, 6.07) is 6.82. The van der Waals surface area contributed by atoms with Crippen LogP contribution >= 0.6 is 0 Å². The number of hydrogen-bond donors (Lipinski definition) is 1. The number of nitrogens with zero attached hydrogens (tertiary/aromatic N) is 4. The number of halogens is 1. The lowest BCUT2D eigenvalue weighted by Crippen LogP contribution is -2.53. The molecule has 6 nitrogen and oxygen atoms in total. The molecule has 1 aliphatic heterocycles. The van der Waals surface area contributed by atoms with E-state index >= 15 is 0 Å². The van der Waals surface area contributed by atoms with Crippen LogP contribution in [0, 0.1) is 5.82 Å². The lowest BCUT2D eigenvalue weighted by molar-refractivity contribution is -0.127. The molecular formula is C18H26FN5O. The second kappa shape index (κ2) is 9.05. The summed E-state index contributed by atoms with van der Waals surface area (Å²) in [5.41, 5.74) is 0.627. The van der Waals surface area contributed by atoms with Gasteiger partial charge in [0.2, 0.25) is 5.91 Å². The van der Waals surface area contributed by atoms with Crippen molar-refractivity contribution >= 4 is 17.6 Å². The highest BCUT2D eigenvalue weighted by Crippen LogP contribution is 2.20. The number of carbonyl (C=O) groups excluding carboxylic acids is 1. The first-order valence-corrected chi connectivity index (χ1v) is 8.36. The van der Waals surface area contributed by atoms with Crippen molar-refractivity contribution in [2.75, 3.05) is 58.3 Å². The Balaban J connectivity index is 2.01. The first-order valence-electron chi connectivity index (χ1n) is 8.36. The summed E-state index contributed by atoms with van der Waals surface area (Å²) in [5.74, 6) is 0.428. The Hall–Kier alpha value is -2.57. The van der Waals surface area contributed by atoms with Gasteiger partial charge in [0.15, 0.2) is 5.96 Å². The molecule has 2 rings (SSSR count). The Morgan fingerprint density at radius 2 is 2.00 bits per heavy atom. The zero-order valence-electron chi connectivity index (χ0n) is 14.9. The zero-order valence-corrected chi connectivity index (χ0v) is 14.9. The molecule has 1 heterocycles. The van der Waals surface area contributed by atoms with Crippen LogP contribution in [-0.4, -0.2) is 75.0 Å². The third-order valence-corrected chi connectivity index (χ3v) is 4.04. The molecule has 25 heavy (non-hydrogen) atoms. The summed E-state index contributed by atoms with van der Waals surface area (Å²) < 4.78 is 13.9. The minimum atomic E-state index is -0.203.